The van der Waals surface area contributed by atoms with Crippen molar-refractivity contribution >= 4 is 5.91 Å². The summed E-state index contributed by atoms with van der Waals surface area (Å²) in [7, 11) is 1.89. The second-order valence-corrected chi connectivity index (χ2v) is 6.26. The Hall–Kier alpha value is -0.610. The molecule has 1 aliphatic rings. The van der Waals surface area contributed by atoms with E-state index in [1.54, 1.807) is 0 Å². The highest BCUT2D eigenvalue weighted by atomic mass is 16.3. The zero-order valence-corrected chi connectivity index (χ0v) is 11.7. The standard InChI is InChI=1S/C13H26N2O2/c1-9(12(17)14-13(2,3)4)15(5)8-11(16)10-6-7-10/h9-11,16H,6-8H2,1-5H3,(H,14,17). The number of likely N-dealkylation sites (N-methyl/N-ethyl adjacent to an activating group) is 1. The fraction of sp³-hybridized carbons (Fsp3) is 0.923. The van der Waals surface area contributed by atoms with Gasteiger partial charge in [0.25, 0.3) is 0 Å². The van der Waals surface area contributed by atoms with Gasteiger partial charge in [0.15, 0.2) is 0 Å². The maximum atomic E-state index is 11.9. The van der Waals surface area contributed by atoms with E-state index >= 15 is 0 Å². The Morgan fingerprint density at radius 3 is 2.41 bits per heavy atom. The van der Waals surface area contributed by atoms with Crippen LogP contribution in [0.2, 0.25) is 0 Å². The molecule has 0 aromatic heterocycles. The highest BCUT2D eigenvalue weighted by Crippen LogP contribution is 2.32. The van der Waals surface area contributed by atoms with Crippen molar-refractivity contribution in [1.29, 1.82) is 0 Å². The average molecular weight is 242 g/mol. The van der Waals surface area contributed by atoms with Gasteiger partial charge < -0.3 is 10.4 Å². The topological polar surface area (TPSA) is 52.6 Å². The van der Waals surface area contributed by atoms with Crippen molar-refractivity contribution < 1.29 is 9.90 Å². The van der Waals surface area contributed by atoms with Gasteiger partial charge in [-0.2, -0.15) is 0 Å². The lowest BCUT2D eigenvalue weighted by Gasteiger charge is -2.29. The van der Waals surface area contributed by atoms with Gasteiger partial charge in [-0.25, -0.2) is 0 Å². The molecule has 100 valence electrons. The Balaban J connectivity index is 2.39. The second kappa shape index (κ2) is 5.36. The molecule has 1 amide bonds. The maximum absolute atomic E-state index is 11.9. The van der Waals surface area contributed by atoms with Crippen molar-refractivity contribution in [2.24, 2.45) is 5.92 Å². The van der Waals surface area contributed by atoms with Gasteiger partial charge in [0.2, 0.25) is 5.91 Å². The Morgan fingerprint density at radius 1 is 1.47 bits per heavy atom. The van der Waals surface area contributed by atoms with E-state index in [9.17, 15) is 9.90 Å². The van der Waals surface area contributed by atoms with Crippen LogP contribution in [-0.4, -0.2) is 47.2 Å². The summed E-state index contributed by atoms with van der Waals surface area (Å²) in [5.74, 6) is 0.471. The molecule has 0 radical (unpaired) electrons. The van der Waals surface area contributed by atoms with E-state index in [0.29, 0.717) is 12.5 Å². The first-order chi connectivity index (χ1) is 7.70. The first kappa shape index (κ1) is 14.5. The molecule has 1 saturated carbocycles. The van der Waals surface area contributed by atoms with Gasteiger partial charge in [0.1, 0.15) is 0 Å². The summed E-state index contributed by atoms with van der Waals surface area (Å²) in [5, 5.41) is 12.8. The lowest BCUT2D eigenvalue weighted by atomic mass is 10.1. The van der Waals surface area contributed by atoms with E-state index in [1.807, 2.05) is 39.6 Å². The van der Waals surface area contributed by atoms with Crippen molar-refractivity contribution in [1.82, 2.24) is 10.2 Å². The molecule has 4 heteroatoms. The van der Waals surface area contributed by atoms with Crippen LogP contribution in [0.25, 0.3) is 0 Å². The van der Waals surface area contributed by atoms with Crippen LogP contribution in [0.15, 0.2) is 0 Å². The van der Waals surface area contributed by atoms with Crippen LogP contribution in [0.3, 0.4) is 0 Å². The van der Waals surface area contributed by atoms with E-state index in [4.69, 9.17) is 0 Å². The van der Waals surface area contributed by atoms with Crippen molar-refractivity contribution in [3.05, 3.63) is 0 Å². The van der Waals surface area contributed by atoms with Crippen molar-refractivity contribution in [2.45, 2.75) is 58.2 Å². The molecule has 0 aromatic rings. The molecule has 2 atom stereocenters. The smallest absolute Gasteiger partial charge is 0.237 e. The van der Waals surface area contributed by atoms with E-state index < -0.39 is 0 Å². The minimum atomic E-state index is -0.287. The number of rotatable bonds is 5. The molecule has 2 unspecified atom stereocenters. The molecule has 0 heterocycles. The number of amides is 1. The molecule has 1 rings (SSSR count). The highest BCUT2D eigenvalue weighted by molar-refractivity contribution is 5.81. The number of aliphatic hydroxyl groups is 1. The maximum Gasteiger partial charge on any atom is 0.237 e. The number of aliphatic hydroxyl groups excluding tert-OH is 1. The molecular formula is C13H26N2O2. The van der Waals surface area contributed by atoms with Gasteiger partial charge in [-0.05, 0) is 53.5 Å². The predicted octanol–water partition coefficient (Wildman–Crippen LogP) is 0.992. The quantitative estimate of drug-likeness (QED) is 0.756. The fourth-order valence-electron chi connectivity index (χ4n) is 1.76. The van der Waals surface area contributed by atoms with Gasteiger partial charge in [-0.15, -0.1) is 0 Å². The van der Waals surface area contributed by atoms with Crippen LogP contribution in [0.4, 0.5) is 0 Å². The first-order valence-electron chi connectivity index (χ1n) is 6.41. The second-order valence-electron chi connectivity index (χ2n) is 6.26. The zero-order chi connectivity index (χ0) is 13.2. The zero-order valence-electron chi connectivity index (χ0n) is 11.7. The normalized spacial score (nSPS) is 20.2. The number of hydrogen-bond donors (Lipinski definition) is 2. The molecule has 17 heavy (non-hydrogen) atoms. The summed E-state index contributed by atoms with van der Waals surface area (Å²) >= 11 is 0. The minimum absolute atomic E-state index is 0.0167. The molecule has 2 N–H and O–H groups in total. The van der Waals surface area contributed by atoms with Crippen LogP contribution in [0, 0.1) is 5.92 Å². The number of nitrogens with one attached hydrogen (secondary N) is 1. The SMILES string of the molecule is CC(C(=O)NC(C)(C)C)N(C)CC(O)C1CC1. The summed E-state index contributed by atoms with van der Waals surface area (Å²) in [6, 6.07) is -0.206. The van der Waals surface area contributed by atoms with Crippen LogP contribution in [-0.2, 0) is 4.79 Å². The van der Waals surface area contributed by atoms with Gasteiger partial charge in [0.05, 0.1) is 12.1 Å². The lowest BCUT2D eigenvalue weighted by molar-refractivity contribution is -0.127. The van der Waals surface area contributed by atoms with Crippen molar-refractivity contribution in [2.75, 3.05) is 13.6 Å². The average Bonchev–Trinajstić information content (AvgIpc) is 2.96. The van der Waals surface area contributed by atoms with E-state index in [2.05, 4.69) is 5.32 Å². The Labute approximate surface area is 104 Å². The lowest BCUT2D eigenvalue weighted by Crippen LogP contribution is -2.51. The third-order valence-corrected chi connectivity index (χ3v) is 3.18. The molecule has 0 bridgehead atoms. The first-order valence-corrected chi connectivity index (χ1v) is 6.41. The third kappa shape index (κ3) is 5.04. The van der Waals surface area contributed by atoms with Crippen molar-refractivity contribution in [3.63, 3.8) is 0 Å². The summed E-state index contributed by atoms with van der Waals surface area (Å²) in [6.07, 6.45) is 1.96. The molecule has 1 aliphatic carbocycles. The predicted molar refractivity (Wildman–Crippen MR) is 68.7 cm³/mol. The van der Waals surface area contributed by atoms with Gasteiger partial charge >= 0.3 is 0 Å². The van der Waals surface area contributed by atoms with Gasteiger partial charge in [-0.3, -0.25) is 9.69 Å². The fourth-order valence-corrected chi connectivity index (χ4v) is 1.76. The minimum Gasteiger partial charge on any atom is -0.392 e. The summed E-state index contributed by atoms with van der Waals surface area (Å²) in [5.41, 5.74) is -0.207. The summed E-state index contributed by atoms with van der Waals surface area (Å²) in [4.78, 5) is 13.9. The molecule has 0 aromatic carbocycles. The molecule has 0 saturated heterocycles. The Kier molecular flexibility index (Phi) is 4.55. The highest BCUT2D eigenvalue weighted by Gasteiger charge is 2.32. The number of hydrogen-bond acceptors (Lipinski definition) is 3. The number of carbonyl (C=O) groups is 1. The molecule has 1 fully saturated rings. The van der Waals surface area contributed by atoms with Crippen LogP contribution in [0.1, 0.15) is 40.5 Å². The van der Waals surface area contributed by atoms with Crippen LogP contribution in [0.5, 0.6) is 0 Å². The Bertz CT molecular complexity index is 269. The van der Waals surface area contributed by atoms with Gasteiger partial charge in [0, 0.05) is 12.1 Å². The molecule has 4 nitrogen and oxygen atoms in total. The summed E-state index contributed by atoms with van der Waals surface area (Å²) in [6.45, 7) is 8.36. The Morgan fingerprint density at radius 2 is 2.00 bits per heavy atom. The number of carbonyl (C=O) groups excluding carboxylic acids is 1. The van der Waals surface area contributed by atoms with E-state index in [1.165, 1.54) is 0 Å². The van der Waals surface area contributed by atoms with Gasteiger partial charge in [-0.1, -0.05) is 0 Å². The molecule has 0 spiro atoms. The van der Waals surface area contributed by atoms with E-state index in [0.717, 1.165) is 12.8 Å². The van der Waals surface area contributed by atoms with Crippen LogP contribution < -0.4 is 5.32 Å². The largest absolute Gasteiger partial charge is 0.392 e. The number of nitrogens with zero attached hydrogens (tertiary/aromatic N) is 1. The third-order valence-electron chi connectivity index (χ3n) is 3.18. The summed E-state index contributed by atoms with van der Waals surface area (Å²) < 4.78 is 0. The van der Waals surface area contributed by atoms with E-state index in [-0.39, 0.29) is 23.6 Å². The molecule has 0 aliphatic heterocycles. The van der Waals surface area contributed by atoms with Crippen LogP contribution >= 0.6 is 0 Å². The van der Waals surface area contributed by atoms with Crippen molar-refractivity contribution in [3.8, 4) is 0 Å². The molecular weight excluding hydrogens is 216 g/mol. The monoisotopic (exact) mass is 242 g/mol.